The van der Waals surface area contributed by atoms with Crippen LogP contribution in [-0.2, 0) is 21.8 Å². The summed E-state index contributed by atoms with van der Waals surface area (Å²) in [5.41, 5.74) is 1.16. The van der Waals surface area contributed by atoms with Gasteiger partial charge in [-0.3, -0.25) is 0 Å². The van der Waals surface area contributed by atoms with Crippen LogP contribution in [0.1, 0.15) is 17.9 Å². The summed E-state index contributed by atoms with van der Waals surface area (Å²) in [6.45, 7) is 3.37. The molecule has 2 aliphatic heterocycles. The normalized spacial score (nSPS) is 26.6. The van der Waals surface area contributed by atoms with E-state index >= 15 is 0 Å². The van der Waals surface area contributed by atoms with Gasteiger partial charge in [0, 0.05) is 51.4 Å². The number of aryl methyl sites for hydroxylation is 1. The zero-order valence-electron chi connectivity index (χ0n) is 15.5. The highest BCUT2D eigenvalue weighted by Crippen LogP contribution is 2.31. The molecule has 1 N–H and O–H groups in total. The number of ether oxygens (including phenoxy) is 1. The van der Waals surface area contributed by atoms with Crippen molar-refractivity contribution >= 4 is 10.0 Å². The average molecular weight is 391 g/mol. The second-order valence-corrected chi connectivity index (χ2v) is 9.35. The summed E-state index contributed by atoms with van der Waals surface area (Å²) in [5.74, 6) is 0.620. The van der Waals surface area contributed by atoms with Gasteiger partial charge >= 0.3 is 0 Å². The van der Waals surface area contributed by atoms with Crippen molar-refractivity contribution in [2.75, 3.05) is 32.8 Å². The fraction of sp³-hybridized carbons (Fsp3) is 0.526. The molecule has 2 saturated heterocycles. The van der Waals surface area contributed by atoms with Crippen molar-refractivity contribution < 1.29 is 13.2 Å². The van der Waals surface area contributed by atoms with E-state index in [4.69, 9.17) is 4.74 Å². The molecule has 3 unspecified atom stereocenters. The van der Waals surface area contributed by atoms with E-state index in [2.05, 4.69) is 22.4 Å². The van der Waals surface area contributed by atoms with Gasteiger partial charge in [-0.2, -0.15) is 4.31 Å². The van der Waals surface area contributed by atoms with E-state index in [1.807, 2.05) is 18.2 Å². The Hall–Kier alpha value is -1.74. The van der Waals surface area contributed by atoms with Crippen LogP contribution in [0.3, 0.4) is 0 Å². The second-order valence-electron chi connectivity index (χ2n) is 7.46. The van der Waals surface area contributed by atoms with Crippen molar-refractivity contribution in [3.63, 3.8) is 0 Å². The lowest BCUT2D eigenvalue weighted by molar-refractivity contribution is 0.184. The first-order valence-electron chi connectivity index (χ1n) is 9.38. The van der Waals surface area contributed by atoms with E-state index in [1.165, 1.54) is 6.33 Å². The van der Waals surface area contributed by atoms with Crippen molar-refractivity contribution in [2.45, 2.75) is 23.4 Å². The SMILES string of the molecule is Cn1cnc(S(=O)(=O)N2CC(NCC3CCOC3)C(c3ccccc3)C2)c1. The molecule has 4 rings (SSSR count). The standard InChI is InChI=1S/C19H26N4O3S/c1-22-12-19(21-14-22)27(24,25)23-10-17(16-5-3-2-4-6-16)18(11-23)20-9-15-7-8-26-13-15/h2-6,12,14-15,17-18,20H,7-11,13H2,1H3. The molecule has 3 heterocycles. The van der Waals surface area contributed by atoms with Crippen molar-refractivity contribution in [2.24, 2.45) is 13.0 Å². The fourth-order valence-electron chi connectivity index (χ4n) is 3.93. The number of hydrogen-bond acceptors (Lipinski definition) is 5. The van der Waals surface area contributed by atoms with Gasteiger partial charge in [-0.05, 0) is 17.9 Å². The van der Waals surface area contributed by atoms with Crippen molar-refractivity contribution in [1.82, 2.24) is 19.2 Å². The molecular weight excluding hydrogens is 364 g/mol. The molecule has 1 aromatic heterocycles. The van der Waals surface area contributed by atoms with Gasteiger partial charge in [0.2, 0.25) is 0 Å². The topological polar surface area (TPSA) is 76.5 Å². The number of benzene rings is 1. The Morgan fingerprint density at radius 1 is 1.26 bits per heavy atom. The molecule has 2 fully saturated rings. The molecule has 0 bridgehead atoms. The second kappa shape index (κ2) is 7.71. The van der Waals surface area contributed by atoms with Crippen LogP contribution in [0.15, 0.2) is 47.9 Å². The van der Waals surface area contributed by atoms with Crippen LogP contribution in [-0.4, -0.2) is 61.2 Å². The maximum absolute atomic E-state index is 13.0. The number of imidazole rings is 1. The number of rotatable bonds is 6. The first-order valence-corrected chi connectivity index (χ1v) is 10.8. The Balaban J connectivity index is 1.54. The highest BCUT2D eigenvalue weighted by atomic mass is 32.2. The van der Waals surface area contributed by atoms with Crippen molar-refractivity contribution in [1.29, 1.82) is 0 Å². The number of hydrogen-bond donors (Lipinski definition) is 1. The van der Waals surface area contributed by atoms with E-state index in [1.54, 1.807) is 22.1 Å². The molecule has 1 aromatic carbocycles. The molecule has 8 heteroatoms. The van der Waals surface area contributed by atoms with Gasteiger partial charge in [-0.25, -0.2) is 13.4 Å². The summed E-state index contributed by atoms with van der Waals surface area (Å²) < 4.78 is 34.8. The summed E-state index contributed by atoms with van der Waals surface area (Å²) in [5, 5.41) is 3.73. The molecular formula is C19H26N4O3S. The van der Waals surface area contributed by atoms with Gasteiger partial charge < -0.3 is 14.6 Å². The molecule has 0 aliphatic carbocycles. The Labute approximate surface area is 160 Å². The van der Waals surface area contributed by atoms with Crippen LogP contribution < -0.4 is 5.32 Å². The molecule has 0 radical (unpaired) electrons. The summed E-state index contributed by atoms with van der Waals surface area (Å²) >= 11 is 0. The third kappa shape index (κ3) is 3.94. The molecule has 2 aromatic rings. The molecule has 7 nitrogen and oxygen atoms in total. The highest BCUT2D eigenvalue weighted by molar-refractivity contribution is 7.89. The lowest BCUT2D eigenvalue weighted by atomic mass is 9.94. The number of nitrogens with zero attached hydrogens (tertiary/aromatic N) is 3. The van der Waals surface area contributed by atoms with E-state index < -0.39 is 10.0 Å². The monoisotopic (exact) mass is 390 g/mol. The first-order chi connectivity index (χ1) is 13.0. The van der Waals surface area contributed by atoms with E-state index in [-0.39, 0.29) is 17.0 Å². The first kappa shape index (κ1) is 18.6. The maximum Gasteiger partial charge on any atom is 0.262 e. The maximum atomic E-state index is 13.0. The molecule has 146 valence electrons. The minimum atomic E-state index is -3.59. The molecule has 2 aliphatic rings. The zero-order chi connectivity index (χ0) is 18.9. The van der Waals surface area contributed by atoms with Gasteiger partial charge in [-0.15, -0.1) is 0 Å². The van der Waals surface area contributed by atoms with E-state index in [0.29, 0.717) is 19.0 Å². The third-order valence-electron chi connectivity index (χ3n) is 5.49. The highest BCUT2D eigenvalue weighted by Gasteiger charge is 2.40. The lowest BCUT2D eigenvalue weighted by Crippen LogP contribution is -2.39. The Kier molecular flexibility index (Phi) is 5.32. The van der Waals surface area contributed by atoms with Crippen LogP contribution in [0, 0.1) is 5.92 Å². The van der Waals surface area contributed by atoms with Gasteiger partial charge in [0.05, 0.1) is 12.9 Å². The van der Waals surface area contributed by atoms with E-state index in [0.717, 1.165) is 31.7 Å². The quantitative estimate of drug-likeness (QED) is 0.802. The largest absolute Gasteiger partial charge is 0.381 e. The number of nitrogens with one attached hydrogen (secondary N) is 1. The van der Waals surface area contributed by atoms with Crippen LogP contribution in [0.2, 0.25) is 0 Å². The molecule has 0 spiro atoms. The molecule has 0 amide bonds. The summed E-state index contributed by atoms with van der Waals surface area (Å²) in [6.07, 6.45) is 4.14. The Bertz CT molecular complexity index is 862. The predicted octanol–water partition coefficient (Wildman–Crippen LogP) is 1.20. The summed E-state index contributed by atoms with van der Waals surface area (Å²) in [4.78, 5) is 4.06. The molecule has 3 atom stereocenters. The Morgan fingerprint density at radius 2 is 2.07 bits per heavy atom. The van der Waals surface area contributed by atoms with E-state index in [9.17, 15) is 8.42 Å². The number of aromatic nitrogens is 2. The zero-order valence-corrected chi connectivity index (χ0v) is 16.3. The summed E-state index contributed by atoms with van der Waals surface area (Å²) in [6, 6.07) is 10.2. The van der Waals surface area contributed by atoms with Gasteiger partial charge in [0.15, 0.2) is 5.03 Å². The van der Waals surface area contributed by atoms with Crippen LogP contribution in [0.4, 0.5) is 0 Å². The van der Waals surface area contributed by atoms with Crippen LogP contribution >= 0.6 is 0 Å². The number of sulfonamides is 1. The van der Waals surface area contributed by atoms with Gasteiger partial charge in [-0.1, -0.05) is 30.3 Å². The van der Waals surface area contributed by atoms with Crippen molar-refractivity contribution in [3.8, 4) is 0 Å². The van der Waals surface area contributed by atoms with Gasteiger partial charge in [0.1, 0.15) is 0 Å². The predicted molar refractivity (Wildman–Crippen MR) is 102 cm³/mol. The fourth-order valence-corrected chi connectivity index (χ4v) is 5.38. The molecule has 0 saturated carbocycles. The molecule has 27 heavy (non-hydrogen) atoms. The van der Waals surface area contributed by atoms with Crippen LogP contribution in [0.25, 0.3) is 0 Å². The van der Waals surface area contributed by atoms with Gasteiger partial charge in [0.25, 0.3) is 10.0 Å². The Morgan fingerprint density at radius 3 is 2.74 bits per heavy atom. The summed E-state index contributed by atoms with van der Waals surface area (Å²) in [7, 11) is -1.82. The lowest BCUT2D eigenvalue weighted by Gasteiger charge is -2.21. The third-order valence-corrected chi connectivity index (χ3v) is 7.21. The minimum absolute atomic E-state index is 0.0755. The smallest absolute Gasteiger partial charge is 0.262 e. The van der Waals surface area contributed by atoms with Crippen LogP contribution in [0.5, 0.6) is 0 Å². The van der Waals surface area contributed by atoms with Crippen molar-refractivity contribution in [3.05, 3.63) is 48.4 Å². The average Bonchev–Trinajstić information content (AvgIpc) is 3.41. The minimum Gasteiger partial charge on any atom is -0.381 e.